The summed E-state index contributed by atoms with van der Waals surface area (Å²) < 4.78 is 18.4. The molecule has 0 aliphatic carbocycles. The van der Waals surface area contributed by atoms with Crippen LogP contribution in [0.4, 0.5) is 10.1 Å². The van der Waals surface area contributed by atoms with Gasteiger partial charge >= 0.3 is 5.97 Å². The minimum Gasteiger partial charge on any atom is -0.464 e. The largest absolute Gasteiger partial charge is 0.464 e. The van der Waals surface area contributed by atoms with E-state index >= 15 is 0 Å². The highest BCUT2D eigenvalue weighted by Gasteiger charge is 2.32. The lowest BCUT2D eigenvalue weighted by atomic mass is 9.90. The lowest BCUT2D eigenvalue weighted by Crippen LogP contribution is -2.35. The molecule has 0 bridgehead atoms. The van der Waals surface area contributed by atoms with Crippen molar-refractivity contribution in [2.75, 3.05) is 18.6 Å². The van der Waals surface area contributed by atoms with Crippen molar-refractivity contribution in [1.82, 2.24) is 0 Å². The van der Waals surface area contributed by atoms with Gasteiger partial charge in [0.05, 0.1) is 18.4 Å². The maximum atomic E-state index is 13.7. The van der Waals surface area contributed by atoms with Gasteiger partial charge in [-0.3, -0.25) is 0 Å². The first kappa shape index (κ1) is 12.6. The Bertz CT molecular complexity index is 687. The molecule has 20 heavy (non-hydrogen) atoms. The Morgan fingerprint density at radius 1 is 1.45 bits per heavy atom. The van der Waals surface area contributed by atoms with Gasteiger partial charge in [0.25, 0.3) is 0 Å². The molecular formula is C15H12FNO3. The fourth-order valence-electron chi connectivity index (χ4n) is 2.80. The second-order valence-electron chi connectivity index (χ2n) is 4.75. The predicted octanol–water partition coefficient (Wildman–Crippen LogP) is 1.86. The van der Waals surface area contributed by atoms with Gasteiger partial charge in [0.15, 0.2) is 0 Å². The number of hydrogen-bond donors (Lipinski definition) is 0. The van der Waals surface area contributed by atoms with Crippen LogP contribution in [0.25, 0.3) is 5.57 Å². The number of rotatable bonds is 1. The summed E-state index contributed by atoms with van der Waals surface area (Å²) in [6.07, 6.45) is 2.94. The van der Waals surface area contributed by atoms with Crippen LogP contribution in [-0.4, -0.2) is 25.6 Å². The van der Waals surface area contributed by atoms with E-state index in [0.717, 1.165) is 24.1 Å². The van der Waals surface area contributed by atoms with Gasteiger partial charge in [-0.1, -0.05) is 0 Å². The zero-order valence-electron chi connectivity index (χ0n) is 10.9. The molecule has 3 rings (SSSR count). The molecule has 0 fully saturated rings. The van der Waals surface area contributed by atoms with Crippen LogP contribution in [0.2, 0.25) is 0 Å². The Balaban J connectivity index is 2.27. The Morgan fingerprint density at radius 2 is 2.25 bits per heavy atom. The molecule has 0 atom stereocenters. The standard InChI is InChI=1S/C15H12FNO3/c1-20-15(19)13-6-10(8-18)12-7-11(16)5-9-3-2-4-17(13)14(9)12/h5-7H,2-4H2,1H3. The minimum atomic E-state index is -0.513. The van der Waals surface area contributed by atoms with Crippen molar-refractivity contribution in [1.29, 1.82) is 0 Å². The van der Waals surface area contributed by atoms with Crippen molar-refractivity contribution < 1.29 is 18.7 Å². The quantitative estimate of drug-likeness (QED) is 0.579. The highest BCUT2D eigenvalue weighted by atomic mass is 19.1. The Hall–Kier alpha value is -2.39. The summed E-state index contributed by atoms with van der Waals surface area (Å²) in [6, 6.07) is 2.76. The van der Waals surface area contributed by atoms with Gasteiger partial charge < -0.3 is 9.64 Å². The molecule has 0 saturated carbocycles. The smallest absolute Gasteiger partial charge is 0.354 e. The minimum absolute atomic E-state index is 0.180. The van der Waals surface area contributed by atoms with Crippen molar-refractivity contribution >= 4 is 23.2 Å². The third-order valence-electron chi connectivity index (χ3n) is 3.62. The predicted molar refractivity (Wildman–Crippen MR) is 71.3 cm³/mol. The summed E-state index contributed by atoms with van der Waals surface area (Å²) in [5, 5.41) is 0. The number of carbonyl (C=O) groups is 1. The second-order valence-corrected chi connectivity index (χ2v) is 4.75. The van der Waals surface area contributed by atoms with Crippen LogP contribution in [0.1, 0.15) is 17.5 Å². The van der Waals surface area contributed by atoms with Gasteiger partial charge in [-0.2, -0.15) is 0 Å². The van der Waals surface area contributed by atoms with Crippen LogP contribution >= 0.6 is 0 Å². The SMILES string of the molecule is COC(=O)C1=CC(=C=O)c2cc(F)cc3c2N1CCC3. The Morgan fingerprint density at radius 3 is 2.95 bits per heavy atom. The molecule has 0 aromatic heterocycles. The number of carbonyl (C=O) groups excluding carboxylic acids is 2. The van der Waals surface area contributed by atoms with E-state index in [-0.39, 0.29) is 11.4 Å². The molecule has 0 unspecified atom stereocenters. The average molecular weight is 273 g/mol. The normalized spacial score (nSPS) is 16.2. The van der Waals surface area contributed by atoms with Crippen molar-refractivity contribution in [3.63, 3.8) is 0 Å². The number of esters is 1. The monoisotopic (exact) mass is 273 g/mol. The van der Waals surface area contributed by atoms with Crippen LogP contribution in [-0.2, 0) is 20.7 Å². The zero-order chi connectivity index (χ0) is 14.3. The number of benzene rings is 1. The van der Waals surface area contributed by atoms with E-state index in [1.54, 1.807) is 10.8 Å². The number of aryl methyl sites for hydroxylation is 1. The Kier molecular flexibility index (Phi) is 2.92. The molecule has 1 aromatic carbocycles. The zero-order valence-corrected chi connectivity index (χ0v) is 10.9. The number of ether oxygens (including phenoxy) is 1. The topological polar surface area (TPSA) is 46.6 Å². The van der Waals surface area contributed by atoms with Gasteiger partial charge in [-0.05, 0) is 36.6 Å². The molecule has 5 heteroatoms. The molecule has 0 amide bonds. The lowest BCUT2D eigenvalue weighted by Gasteiger charge is -2.36. The van der Waals surface area contributed by atoms with Crippen LogP contribution in [0, 0.1) is 5.82 Å². The molecule has 2 aliphatic heterocycles. The molecule has 0 radical (unpaired) electrons. The summed E-state index contributed by atoms with van der Waals surface area (Å²) in [6.45, 7) is 0.638. The van der Waals surface area contributed by atoms with Gasteiger partial charge in [-0.25, -0.2) is 14.0 Å². The summed E-state index contributed by atoms with van der Waals surface area (Å²) in [7, 11) is 1.29. The second kappa shape index (κ2) is 4.62. The van der Waals surface area contributed by atoms with Gasteiger partial charge in [-0.15, -0.1) is 0 Å². The van der Waals surface area contributed by atoms with E-state index in [1.165, 1.54) is 25.3 Å². The van der Waals surface area contributed by atoms with E-state index in [9.17, 15) is 14.0 Å². The summed E-state index contributed by atoms with van der Waals surface area (Å²) in [5.41, 5.74) is 2.49. The fourth-order valence-corrected chi connectivity index (χ4v) is 2.80. The molecule has 4 nitrogen and oxygen atoms in total. The highest BCUT2D eigenvalue weighted by molar-refractivity contribution is 6.07. The number of anilines is 1. The maximum absolute atomic E-state index is 13.7. The molecule has 2 heterocycles. The van der Waals surface area contributed by atoms with Crippen molar-refractivity contribution in [2.24, 2.45) is 0 Å². The first-order valence-electron chi connectivity index (χ1n) is 6.31. The van der Waals surface area contributed by atoms with Crippen LogP contribution in [0.15, 0.2) is 23.9 Å². The number of methoxy groups -OCH3 is 1. The highest BCUT2D eigenvalue weighted by Crippen LogP contribution is 2.41. The molecule has 0 saturated heterocycles. The summed E-state index contributed by atoms with van der Waals surface area (Å²) >= 11 is 0. The van der Waals surface area contributed by atoms with Gasteiger partial charge in [0.2, 0.25) is 0 Å². The number of hydrogen-bond acceptors (Lipinski definition) is 4. The van der Waals surface area contributed by atoms with E-state index < -0.39 is 5.97 Å². The number of nitrogens with zero attached hydrogens (tertiary/aromatic N) is 1. The van der Waals surface area contributed by atoms with Crippen molar-refractivity contribution in [2.45, 2.75) is 12.8 Å². The molecular weight excluding hydrogens is 261 g/mol. The van der Waals surface area contributed by atoms with E-state index in [2.05, 4.69) is 0 Å². The van der Waals surface area contributed by atoms with Crippen LogP contribution < -0.4 is 4.90 Å². The van der Waals surface area contributed by atoms with Crippen LogP contribution in [0.5, 0.6) is 0 Å². The van der Waals surface area contributed by atoms with Crippen molar-refractivity contribution in [3.05, 3.63) is 40.8 Å². The summed E-state index contributed by atoms with van der Waals surface area (Å²) in [5.74, 6) is 0.882. The average Bonchev–Trinajstić information content (AvgIpc) is 2.46. The molecule has 1 aromatic rings. The summed E-state index contributed by atoms with van der Waals surface area (Å²) in [4.78, 5) is 24.8. The van der Waals surface area contributed by atoms with Gasteiger partial charge in [0.1, 0.15) is 17.5 Å². The number of halogens is 1. The third-order valence-corrected chi connectivity index (χ3v) is 3.62. The third kappa shape index (κ3) is 1.75. The van der Waals surface area contributed by atoms with E-state index in [4.69, 9.17) is 4.74 Å². The fraction of sp³-hybridized carbons (Fsp3) is 0.267. The first-order valence-corrected chi connectivity index (χ1v) is 6.31. The molecule has 2 aliphatic rings. The molecule has 0 N–H and O–H groups in total. The number of allylic oxidation sites excluding steroid dienone is 2. The first-order chi connectivity index (χ1) is 9.65. The molecule has 0 spiro atoms. The van der Waals surface area contributed by atoms with E-state index in [0.29, 0.717) is 17.8 Å². The maximum Gasteiger partial charge on any atom is 0.354 e. The lowest BCUT2D eigenvalue weighted by molar-refractivity contribution is -0.136. The molecule has 102 valence electrons. The van der Waals surface area contributed by atoms with Crippen molar-refractivity contribution in [3.8, 4) is 0 Å². The Labute approximate surface area is 115 Å². The van der Waals surface area contributed by atoms with E-state index in [1.807, 2.05) is 0 Å². The van der Waals surface area contributed by atoms with Gasteiger partial charge in [0, 0.05) is 12.1 Å². The van der Waals surface area contributed by atoms with Crippen LogP contribution in [0.3, 0.4) is 0 Å².